The van der Waals surface area contributed by atoms with E-state index < -0.39 is 16.7 Å². The predicted molar refractivity (Wildman–Crippen MR) is 60.7 cm³/mol. The van der Waals surface area contributed by atoms with Gasteiger partial charge in [-0.05, 0) is 17.7 Å². The third-order valence-corrected chi connectivity index (χ3v) is 3.35. The van der Waals surface area contributed by atoms with Gasteiger partial charge in [0.05, 0.1) is 16.6 Å². The topological polar surface area (TPSA) is 30.0 Å². The molecule has 0 saturated heterocycles. The summed E-state index contributed by atoms with van der Waals surface area (Å²) in [6, 6.07) is 13.8. The lowest BCUT2D eigenvalue weighted by molar-refractivity contribution is 0.569. The van der Waals surface area contributed by atoms with E-state index in [1.54, 1.807) is 6.07 Å². The van der Waals surface area contributed by atoms with Gasteiger partial charge in [0.1, 0.15) is 5.03 Å². The number of hydrogen-bond donors (Lipinski definition) is 0. The summed E-state index contributed by atoms with van der Waals surface area (Å²) in [7, 11) is -1.30. The Balaban J connectivity index is 2.15. The smallest absolute Gasteiger partial charge is 0.213 e. The summed E-state index contributed by atoms with van der Waals surface area (Å²) in [5.74, 6) is -0.240. The van der Waals surface area contributed by atoms with Crippen molar-refractivity contribution in [1.82, 2.24) is 4.98 Å². The summed E-state index contributed by atoms with van der Waals surface area (Å²) in [5.41, 5.74) is 0.951. The molecule has 1 aromatic heterocycles. The molecule has 0 bridgehead atoms. The molecule has 1 aromatic carbocycles. The molecule has 1 unspecified atom stereocenters. The highest BCUT2D eigenvalue weighted by Gasteiger charge is 2.06. The molecule has 0 N–H and O–H groups in total. The summed E-state index contributed by atoms with van der Waals surface area (Å²) in [5, 5.41) is 0.281. The fourth-order valence-corrected chi connectivity index (χ4v) is 2.38. The standard InChI is InChI=1S/C12H10FNOS/c13-11-7-4-8-12(14-11)16(15)9-10-5-2-1-3-6-10/h1-8H,9H2. The average Bonchev–Trinajstić information content (AvgIpc) is 2.30. The zero-order valence-electron chi connectivity index (χ0n) is 8.47. The van der Waals surface area contributed by atoms with Gasteiger partial charge in [-0.2, -0.15) is 4.39 Å². The normalized spacial score (nSPS) is 12.3. The third kappa shape index (κ3) is 2.73. The minimum atomic E-state index is -1.30. The molecule has 0 spiro atoms. The Labute approximate surface area is 95.6 Å². The van der Waals surface area contributed by atoms with Crippen molar-refractivity contribution in [2.45, 2.75) is 10.8 Å². The van der Waals surface area contributed by atoms with E-state index in [9.17, 15) is 8.60 Å². The SMILES string of the molecule is O=S(Cc1ccccc1)c1cccc(F)n1. The summed E-state index contributed by atoms with van der Waals surface area (Å²) in [6.07, 6.45) is 0. The second-order valence-corrected chi connectivity index (χ2v) is 4.67. The molecule has 0 saturated carbocycles. The Kier molecular flexibility index (Phi) is 3.41. The van der Waals surface area contributed by atoms with Crippen molar-refractivity contribution in [2.75, 3.05) is 0 Å². The monoisotopic (exact) mass is 235 g/mol. The van der Waals surface area contributed by atoms with Gasteiger partial charge in [0.15, 0.2) is 0 Å². The van der Waals surface area contributed by atoms with E-state index in [2.05, 4.69) is 4.98 Å². The summed E-state index contributed by atoms with van der Waals surface area (Å²) in [6.45, 7) is 0. The molecule has 1 heterocycles. The second kappa shape index (κ2) is 4.99. The first-order valence-electron chi connectivity index (χ1n) is 4.80. The molecule has 0 aliphatic heterocycles. The summed E-state index contributed by atoms with van der Waals surface area (Å²) >= 11 is 0. The van der Waals surface area contributed by atoms with Crippen LogP contribution < -0.4 is 0 Å². The first-order valence-corrected chi connectivity index (χ1v) is 6.12. The van der Waals surface area contributed by atoms with Crippen LogP contribution in [-0.4, -0.2) is 9.19 Å². The molecule has 2 aromatic rings. The Morgan fingerprint density at radius 2 is 1.81 bits per heavy atom. The lowest BCUT2D eigenvalue weighted by Gasteiger charge is -2.01. The highest BCUT2D eigenvalue weighted by molar-refractivity contribution is 7.84. The second-order valence-electron chi connectivity index (χ2n) is 3.27. The number of hydrogen-bond acceptors (Lipinski definition) is 2. The summed E-state index contributed by atoms with van der Waals surface area (Å²) in [4.78, 5) is 3.60. The molecular weight excluding hydrogens is 225 g/mol. The van der Waals surface area contributed by atoms with Crippen LogP contribution in [0.1, 0.15) is 5.56 Å². The molecule has 4 heteroatoms. The number of nitrogens with zero attached hydrogens (tertiary/aromatic N) is 1. The van der Waals surface area contributed by atoms with Crippen molar-refractivity contribution in [3.8, 4) is 0 Å². The molecule has 2 nitrogen and oxygen atoms in total. The van der Waals surface area contributed by atoms with Crippen LogP contribution in [0.2, 0.25) is 0 Å². The van der Waals surface area contributed by atoms with Crippen LogP contribution in [0.5, 0.6) is 0 Å². The first kappa shape index (κ1) is 11.0. The Morgan fingerprint density at radius 1 is 1.06 bits per heavy atom. The highest BCUT2D eigenvalue weighted by Crippen LogP contribution is 2.10. The fourth-order valence-electron chi connectivity index (χ4n) is 1.32. The Bertz CT molecular complexity index is 501. The molecule has 82 valence electrons. The Morgan fingerprint density at radius 3 is 2.50 bits per heavy atom. The predicted octanol–water partition coefficient (Wildman–Crippen LogP) is 2.53. The number of pyridine rings is 1. The minimum Gasteiger partial charge on any atom is -0.252 e. The zero-order chi connectivity index (χ0) is 11.4. The number of benzene rings is 1. The average molecular weight is 235 g/mol. The quantitative estimate of drug-likeness (QED) is 0.765. The van der Waals surface area contributed by atoms with Crippen molar-refractivity contribution < 1.29 is 8.60 Å². The molecule has 16 heavy (non-hydrogen) atoms. The molecule has 0 aliphatic carbocycles. The van der Waals surface area contributed by atoms with E-state index in [4.69, 9.17) is 0 Å². The van der Waals surface area contributed by atoms with E-state index in [1.165, 1.54) is 12.1 Å². The molecule has 0 radical (unpaired) electrons. The molecule has 0 aliphatic rings. The van der Waals surface area contributed by atoms with Crippen LogP contribution in [-0.2, 0) is 16.6 Å². The lowest BCUT2D eigenvalue weighted by atomic mass is 10.2. The van der Waals surface area contributed by atoms with Crippen LogP contribution in [0.15, 0.2) is 53.6 Å². The summed E-state index contributed by atoms with van der Waals surface area (Å²) < 4.78 is 24.7. The van der Waals surface area contributed by atoms with E-state index in [0.717, 1.165) is 5.56 Å². The lowest BCUT2D eigenvalue weighted by Crippen LogP contribution is -2.00. The minimum absolute atomic E-state index is 0.281. The van der Waals surface area contributed by atoms with Crippen LogP contribution in [0.4, 0.5) is 4.39 Å². The van der Waals surface area contributed by atoms with Crippen LogP contribution in [0.25, 0.3) is 0 Å². The van der Waals surface area contributed by atoms with Crippen molar-refractivity contribution in [1.29, 1.82) is 0 Å². The van der Waals surface area contributed by atoms with E-state index in [-0.39, 0.29) is 5.03 Å². The maximum absolute atomic E-state index is 12.8. The maximum Gasteiger partial charge on any atom is 0.213 e. The highest BCUT2D eigenvalue weighted by atomic mass is 32.2. The molecule has 0 fully saturated rings. The van der Waals surface area contributed by atoms with Gasteiger partial charge in [-0.3, -0.25) is 4.21 Å². The first-order chi connectivity index (χ1) is 7.75. The Hall–Kier alpha value is -1.55. The van der Waals surface area contributed by atoms with Crippen molar-refractivity contribution in [3.05, 3.63) is 60.0 Å². The van der Waals surface area contributed by atoms with Crippen molar-refractivity contribution >= 4 is 10.8 Å². The van der Waals surface area contributed by atoms with Gasteiger partial charge in [-0.25, -0.2) is 4.98 Å². The van der Waals surface area contributed by atoms with Gasteiger partial charge in [0.25, 0.3) is 0 Å². The van der Waals surface area contributed by atoms with Crippen molar-refractivity contribution in [3.63, 3.8) is 0 Å². The van der Waals surface area contributed by atoms with Gasteiger partial charge in [-0.15, -0.1) is 0 Å². The molecule has 1 atom stereocenters. The van der Waals surface area contributed by atoms with E-state index in [1.807, 2.05) is 30.3 Å². The van der Waals surface area contributed by atoms with Gasteiger partial charge < -0.3 is 0 Å². The molecule has 2 rings (SSSR count). The van der Waals surface area contributed by atoms with Crippen LogP contribution >= 0.6 is 0 Å². The number of halogens is 1. The van der Waals surface area contributed by atoms with Gasteiger partial charge >= 0.3 is 0 Å². The fraction of sp³-hybridized carbons (Fsp3) is 0.0833. The zero-order valence-corrected chi connectivity index (χ0v) is 9.28. The molecular formula is C12H10FNOS. The van der Waals surface area contributed by atoms with Gasteiger partial charge in [-0.1, -0.05) is 36.4 Å². The number of aromatic nitrogens is 1. The maximum atomic E-state index is 12.8. The number of rotatable bonds is 3. The largest absolute Gasteiger partial charge is 0.252 e. The van der Waals surface area contributed by atoms with Gasteiger partial charge in [0.2, 0.25) is 5.95 Å². The van der Waals surface area contributed by atoms with Crippen molar-refractivity contribution in [2.24, 2.45) is 0 Å². The van der Waals surface area contributed by atoms with E-state index >= 15 is 0 Å². The third-order valence-electron chi connectivity index (χ3n) is 2.06. The van der Waals surface area contributed by atoms with Crippen LogP contribution in [0.3, 0.4) is 0 Å². The van der Waals surface area contributed by atoms with Crippen LogP contribution in [0, 0.1) is 5.95 Å². The van der Waals surface area contributed by atoms with E-state index in [0.29, 0.717) is 5.75 Å². The van der Waals surface area contributed by atoms with Gasteiger partial charge in [0, 0.05) is 0 Å². The molecule has 0 amide bonds.